The van der Waals surface area contributed by atoms with Gasteiger partial charge in [0.1, 0.15) is 17.9 Å². The Balaban J connectivity index is 1.91. The average molecular weight is 384 g/mol. The molecule has 148 valence electrons. The van der Waals surface area contributed by atoms with Crippen molar-refractivity contribution in [1.29, 1.82) is 0 Å². The Bertz CT molecular complexity index is 835. The number of carbonyl (C=O) groups is 3. The summed E-state index contributed by atoms with van der Waals surface area (Å²) >= 11 is 0. The van der Waals surface area contributed by atoms with Crippen LogP contribution in [0.25, 0.3) is 0 Å². The van der Waals surface area contributed by atoms with Gasteiger partial charge in [0.25, 0.3) is 5.91 Å². The van der Waals surface area contributed by atoms with E-state index in [0.717, 1.165) is 17.5 Å². The molecule has 0 aliphatic rings. The third-order valence-corrected chi connectivity index (χ3v) is 3.71. The van der Waals surface area contributed by atoms with E-state index in [1.807, 2.05) is 38.1 Å². The van der Waals surface area contributed by atoms with Gasteiger partial charge in [-0.2, -0.15) is 0 Å². The summed E-state index contributed by atoms with van der Waals surface area (Å²) in [6.45, 7) is 4.06. The van der Waals surface area contributed by atoms with Crippen LogP contribution in [0.5, 0.6) is 5.75 Å². The highest BCUT2D eigenvalue weighted by Crippen LogP contribution is 2.20. The predicted octanol–water partition coefficient (Wildman–Crippen LogP) is 2.97. The zero-order valence-electron chi connectivity index (χ0n) is 16.0. The topological polar surface area (TPSA) is 93.7 Å². The van der Waals surface area contributed by atoms with Gasteiger partial charge in [-0.25, -0.2) is 9.59 Å². The van der Waals surface area contributed by atoms with Crippen molar-refractivity contribution in [3.63, 3.8) is 0 Å². The Hall–Kier alpha value is -3.35. The molecule has 2 N–H and O–H groups in total. The van der Waals surface area contributed by atoms with Crippen LogP contribution < -0.4 is 15.4 Å². The van der Waals surface area contributed by atoms with Gasteiger partial charge >= 0.3 is 12.0 Å². The first-order valence-electron chi connectivity index (χ1n) is 9.01. The molecule has 0 heterocycles. The smallest absolute Gasteiger partial charge is 0.342 e. The maximum atomic E-state index is 12.3. The minimum absolute atomic E-state index is 0.207. The van der Waals surface area contributed by atoms with Crippen LogP contribution in [0, 0.1) is 6.92 Å². The van der Waals surface area contributed by atoms with E-state index in [9.17, 15) is 14.4 Å². The van der Waals surface area contributed by atoms with E-state index in [2.05, 4.69) is 10.6 Å². The number of ether oxygens (including phenoxy) is 2. The molecular weight excluding hydrogens is 360 g/mol. The number of amides is 3. The summed E-state index contributed by atoms with van der Waals surface area (Å²) in [5.74, 6) is -1.06. The molecule has 0 bridgehead atoms. The predicted molar refractivity (Wildman–Crippen MR) is 104 cm³/mol. The van der Waals surface area contributed by atoms with E-state index in [1.54, 1.807) is 24.3 Å². The zero-order chi connectivity index (χ0) is 20.4. The third kappa shape index (κ3) is 6.75. The first kappa shape index (κ1) is 21.0. The molecule has 2 rings (SSSR count). The Kier molecular flexibility index (Phi) is 8.02. The molecule has 2 aromatic carbocycles. The Labute approximate surface area is 164 Å². The molecule has 0 saturated carbocycles. The number of urea groups is 1. The van der Waals surface area contributed by atoms with Crippen LogP contribution in [-0.2, 0) is 16.1 Å². The number of hydrogen-bond donors (Lipinski definition) is 2. The second kappa shape index (κ2) is 10.7. The fourth-order valence-electron chi connectivity index (χ4n) is 2.38. The number of carbonyl (C=O) groups excluding carboxylic acids is 3. The third-order valence-electron chi connectivity index (χ3n) is 3.71. The number of para-hydroxylation sites is 1. The Morgan fingerprint density at radius 1 is 1.04 bits per heavy atom. The number of esters is 1. The number of hydrogen-bond acceptors (Lipinski definition) is 5. The monoisotopic (exact) mass is 384 g/mol. The standard InChI is InChI=1S/C21H24N2O5/c1-3-11-22-21(26)23-19(24)14-28-20(25)17-9-4-5-10-18(17)27-13-16-8-6-7-15(2)12-16/h4-10,12H,3,11,13-14H2,1-2H3,(H2,22,23,24,26). The lowest BCUT2D eigenvalue weighted by molar-refractivity contribution is -0.123. The molecule has 0 fully saturated rings. The van der Waals surface area contributed by atoms with Crippen molar-refractivity contribution in [2.24, 2.45) is 0 Å². The van der Waals surface area contributed by atoms with Crippen molar-refractivity contribution < 1.29 is 23.9 Å². The molecule has 0 aromatic heterocycles. The van der Waals surface area contributed by atoms with Gasteiger partial charge in [-0.05, 0) is 31.0 Å². The molecule has 28 heavy (non-hydrogen) atoms. The van der Waals surface area contributed by atoms with Crippen LogP contribution in [0.2, 0.25) is 0 Å². The molecule has 7 heteroatoms. The fraction of sp³-hybridized carbons (Fsp3) is 0.286. The highest BCUT2D eigenvalue weighted by molar-refractivity contribution is 5.97. The van der Waals surface area contributed by atoms with Gasteiger partial charge in [0.2, 0.25) is 0 Å². The summed E-state index contributed by atoms with van der Waals surface area (Å²) in [5, 5.41) is 4.59. The largest absolute Gasteiger partial charge is 0.488 e. The minimum Gasteiger partial charge on any atom is -0.488 e. The van der Waals surface area contributed by atoms with E-state index in [1.165, 1.54) is 0 Å². The molecule has 0 aliphatic heterocycles. The van der Waals surface area contributed by atoms with E-state index in [4.69, 9.17) is 9.47 Å². The Morgan fingerprint density at radius 3 is 2.57 bits per heavy atom. The number of imide groups is 1. The van der Waals surface area contributed by atoms with Crippen LogP contribution in [0.1, 0.15) is 34.8 Å². The molecular formula is C21H24N2O5. The summed E-state index contributed by atoms with van der Waals surface area (Å²) in [5.41, 5.74) is 2.29. The maximum absolute atomic E-state index is 12.3. The lowest BCUT2D eigenvalue weighted by atomic mass is 10.1. The molecule has 0 saturated heterocycles. The first-order valence-corrected chi connectivity index (χ1v) is 9.01. The molecule has 0 radical (unpaired) electrons. The quantitative estimate of drug-likeness (QED) is 0.683. The molecule has 0 atom stereocenters. The number of aryl methyl sites for hydroxylation is 1. The van der Waals surface area contributed by atoms with Crippen molar-refractivity contribution in [2.45, 2.75) is 26.9 Å². The second-order valence-electron chi connectivity index (χ2n) is 6.15. The van der Waals surface area contributed by atoms with Gasteiger partial charge in [-0.3, -0.25) is 10.1 Å². The number of benzene rings is 2. The van der Waals surface area contributed by atoms with Gasteiger partial charge in [-0.1, -0.05) is 48.9 Å². The lowest BCUT2D eigenvalue weighted by Crippen LogP contribution is -2.41. The van der Waals surface area contributed by atoms with E-state index < -0.39 is 24.5 Å². The first-order chi connectivity index (χ1) is 13.5. The maximum Gasteiger partial charge on any atom is 0.342 e. The van der Waals surface area contributed by atoms with E-state index in [-0.39, 0.29) is 5.56 Å². The molecule has 0 unspecified atom stereocenters. The number of nitrogens with one attached hydrogen (secondary N) is 2. The van der Waals surface area contributed by atoms with Gasteiger partial charge in [0.05, 0.1) is 0 Å². The normalized spacial score (nSPS) is 10.1. The van der Waals surface area contributed by atoms with Crippen LogP contribution in [0.3, 0.4) is 0 Å². The number of rotatable bonds is 8. The van der Waals surface area contributed by atoms with Crippen LogP contribution >= 0.6 is 0 Å². The van der Waals surface area contributed by atoms with E-state index >= 15 is 0 Å². The molecule has 0 spiro atoms. The molecule has 0 aliphatic carbocycles. The summed E-state index contributed by atoms with van der Waals surface area (Å²) in [6, 6.07) is 13.9. The van der Waals surface area contributed by atoms with Crippen molar-refractivity contribution in [3.05, 3.63) is 65.2 Å². The van der Waals surface area contributed by atoms with Gasteiger partial charge in [-0.15, -0.1) is 0 Å². The van der Waals surface area contributed by atoms with Gasteiger partial charge < -0.3 is 14.8 Å². The minimum atomic E-state index is -0.708. The van der Waals surface area contributed by atoms with Gasteiger partial charge in [0, 0.05) is 6.54 Å². The summed E-state index contributed by atoms with van der Waals surface area (Å²) in [6.07, 6.45) is 0.746. The fourth-order valence-corrected chi connectivity index (χ4v) is 2.38. The van der Waals surface area contributed by atoms with Crippen LogP contribution in [-0.4, -0.2) is 31.1 Å². The summed E-state index contributed by atoms with van der Waals surface area (Å²) in [4.78, 5) is 35.4. The molecule has 7 nitrogen and oxygen atoms in total. The van der Waals surface area contributed by atoms with Crippen molar-refractivity contribution >= 4 is 17.9 Å². The SMILES string of the molecule is CCCNC(=O)NC(=O)COC(=O)c1ccccc1OCc1cccc(C)c1. The zero-order valence-corrected chi connectivity index (χ0v) is 16.0. The van der Waals surface area contributed by atoms with Gasteiger partial charge in [0.15, 0.2) is 6.61 Å². The highest BCUT2D eigenvalue weighted by Gasteiger charge is 2.16. The highest BCUT2D eigenvalue weighted by atomic mass is 16.5. The van der Waals surface area contributed by atoms with Crippen LogP contribution in [0.4, 0.5) is 4.79 Å². The average Bonchev–Trinajstić information content (AvgIpc) is 2.69. The lowest BCUT2D eigenvalue weighted by Gasteiger charge is -2.12. The van der Waals surface area contributed by atoms with E-state index in [0.29, 0.717) is 18.9 Å². The molecule has 2 aromatic rings. The molecule has 3 amide bonds. The van der Waals surface area contributed by atoms with Crippen LogP contribution in [0.15, 0.2) is 48.5 Å². The Morgan fingerprint density at radius 2 is 1.82 bits per heavy atom. The summed E-state index contributed by atoms with van der Waals surface area (Å²) in [7, 11) is 0. The van der Waals surface area contributed by atoms with Crippen molar-refractivity contribution in [3.8, 4) is 5.75 Å². The summed E-state index contributed by atoms with van der Waals surface area (Å²) < 4.78 is 10.7. The van der Waals surface area contributed by atoms with Crippen molar-refractivity contribution in [1.82, 2.24) is 10.6 Å². The van der Waals surface area contributed by atoms with Crippen molar-refractivity contribution in [2.75, 3.05) is 13.2 Å². The second-order valence-corrected chi connectivity index (χ2v) is 6.15.